The van der Waals surface area contributed by atoms with Crippen LogP contribution in [0.25, 0.3) is 11.3 Å². The van der Waals surface area contributed by atoms with Gasteiger partial charge in [0.15, 0.2) is 5.82 Å². The summed E-state index contributed by atoms with van der Waals surface area (Å²) in [5.41, 5.74) is 2.54. The van der Waals surface area contributed by atoms with Gasteiger partial charge >= 0.3 is 0 Å². The van der Waals surface area contributed by atoms with E-state index in [1.165, 1.54) is 23.5 Å². The SMILES string of the molecule is Cc1nc(-c2ccc(F)cc2)c(CC(=O)Nc2ccc(C(=O)c3nccn3C)cc2)s1. The zero-order valence-electron chi connectivity index (χ0n) is 16.9. The Bertz CT molecular complexity index is 1240. The van der Waals surface area contributed by atoms with Gasteiger partial charge in [0.05, 0.1) is 17.1 Å². The lowest BCUT2D eigenvalue weighted by Gasteiger charge is -2.07. The topological polar surface area (TPSA) is 76.9 Å². The quantitative estimate of drug-likeness (QED) is 0.456. The lowest BCUT2D eigenvalue weighted by atomic mass is 10.1. The van der Waals surface area contributed by atoms with E-state index in [1.807, 2.05) is 6.92 Å². The molecule has 31 heavy (non-hydrogen) atoms. The lowest BCUT2D eigenvalue weighted by molar-refractivity contribution is -0.115. The number of aryl methyl sites for hydroxylation is 2. The highest BCUT2D eigenvalue weighted by molar-refractivity contribution is 7.12. The first-order chi connectivity index (χ1) is 14.9. The van der Waals surface area contributed by atoms with Crippen molar-refractivity contribution in [3.05, 3.63) is 88.0 Å². The molecule has 0 aliphatic heterocycles. The van der Waals surface area contributed by atoms with Gasteiger partial charge < -0.3 is 9.88 Å². The molecular formula is C23H19FN4O2S. The summed E-state index contributed by atoms with van der Waals surface area (Å²) in [7, 11) is 1.76. The number of halogens is 1. The highest BCUT2D eigenvalue weighted by atomic mass is 32.1. The number of benzene rings is 2. The molecule has 1 N–H and O–H groups in total. The van der Waals surface area contributed by atoms with E-state index < -0.39 is 0 Å². The van der Waals surface area contributed by atoms with Gasteiger partial charge in [-0.05, 0) is 55.5 Å². The monoisotopic (exact) mass is 434 g/mol. The Morgan fingerprint density at radius 3 is 2.45 bits per heavy atom. The number of carbonyl (C=O) groups excluding carboxylic acids is 2. The van der Waals surface area contributed by atoms with E-state index >= 15 is 0 Å². The van der Waals surface area contributed by atoms with Crippen LogP contribution < -0.4 is 5.32 Å². The highest BCUT2D eigenvalue weighted by Gasteiger charge is 2.16. The minimum absolute atomic E-state index is 0.145. The summed E-state index contributed by atoms with van der Waals surface area (Å²) in [4.78, 5) is 34.5. The number of hydrogen-bond donors (Lipinski definition) is 1. The van der Waals surface area contributed by atoms with Crippen LogP contribution in [-0.4, -0.2) is 26.2 Å². The molecule has 0 aliphatic rings. The number of imidazole rings is 1. The van der Waals surface area contributed by atoms with Gasteiger partial charge in [-0.25, -0.2) is 14.4 Å². The molecule has 0 unspecified atom stereocenters. The van der Waals surface area contributed by atoms with Crippen molar-refractivity contribution in [2.24, 2.45) is 7.05 Å². The molecule has 6 nitrogen and oxygen atoms in total. The normalized spacial score (nSPS) is 10.8. The maximum Gasteiger partial charge on any atom is 0.229 e. The van der Waals surface area contributed by atoms with E-state index in [0.717, 1.165) is 15.4 Å². The van der Waals surface area contributed by atoms with Crippen LogP contribution in [0.1, 0.15) is 26.1 Å². The number of aromatic nitrogens is 3. The molecular weight excluding hydrogens is 415 g/mol. The first kappa shape index (κ1) is 20.6. The van der Waals surface area contributed by atoms with E-state index in [0.29, 0.717) is 22.8 Å². The first-order valence-corrected chi connectivity index (χ1v) is 10.4. The van der Waals surface area contributed by atoms with Crippen molar-refractivity contribution in [1.82, 2.24) is 14.5 Å². The van der Waals surface area contributed by atoms with E-state index in [1.54, 1.807) is 60.4 Å². The molecule has 4 rings (SSSR count). The Hall–Kier alpha value is -3.65. The van der Waals surface area contributed by atoms with Gasteiger partial charge in [0.2, 0.25) is 11.7 Å². The van der Waals surface area contributed by atoms with E-state index in [2.05, 4.69) is 15.3 Å². The summed E-state index contributed by atoms with van der Waals surface area (Å²) >= 11 is 1.44. The zero-order valence-corrected chi connectivity index (χ0v) is 17.7. The van der Waals surface area contributed by atoms with Crippen LogP contribution in [0.3, 0.4) is 0 Å². The minimum atomic E-state index is -0.320. The average molecular weight is 434 g/mol. The molecule has 0 aliphatic carbocycles. The van der Waals surface area contributed by atoms with Gasteiger partial charge in [0, 0.05) is 41.1 Å². The van der Waals surface area contributed by atoms with Crippen LogP contribution in [-0.2, 0) is 18.3 Å². The van der Waals surface area contributed by atoms with Crippen molar-refractivity contribution in [1.29, 1.82) is 0 Å². The minimum Gasteiger partial charge on any atom is -0.331 e. The summed E-state index contributed by atoms with van der Waals surface area (Å²) in [6, 6.07) is 12.8. The maximum absolute atomic E-state index is 13.2. The fourth-order valence-corrected chi connectivity index (χ4v) is 4.15. The molecule has 0 spiro atoms. The molecule has 8 heteroatoms. The number of rotatable bonds is 6. The summed E-state index contributed by atoms with van der Waals surface area (Å²) in [6.07, 6.45) is 3.43. The van der Waals surface area contributed by atoms with Crippen LogP contribution in [0, 0.1) is 12.7 Å². The Kier molecular flexibility index (Phi) is 5.73. The van der Waals surface area contributed by atoms with Crippen molar-refractivity contribution in [2.45, 2.75) is 13.3 Å². The molecule has 2 aromatic carbocycles. The molecule has 0 bridgehead atoms. The number of hydrogen-bond acceptors (Lipinski definition) is 5. The molecule has 0 fully saturated rings. The van der Waals surface area contributed by atoms with E-state index in [4.69, 9.17) is 0 Å². The van der Waals surface area contributed by atoms with Crippen LogP contribution in [0.4, 0.5) is 10.1 Å². The number of nitrogens with one attached hydrogen (secondary N) is 1. The number of anilines is 1. The second-order valence-corrected chi connectivity index (χ2v) is 8.29. The fraction of sp³-hybridized carbons (Fsp3) is 0.130. The molecule has 4 aromatic rings. The molecule has 0 atom stereocenters. The Balaban J connectivity index is 1.46. The summed E-state index contributed by atoms with van der Waals surface area (Å²) in [6.45, 7) is 1.87. The molecule has 0 saturated carbocycles. The Morgan fingerprint density at radius 1 is 1.10 bits per heavy atom. The molecule has 156 valence electrons. The van der Waals surface area contributed by atoms with Crippen LogP contribution >= 0.6 is 11.3 Å². The summed E-state index contributed by atoms with van der Waals surface area (Å²) in [5, 5.41) is 3.68. The van der Waals surface area contributed by atoms with Crippen molar-refractivity contribution >= 4 is 28.7 Å². The molecule has 0 radical (unpaired) electrons. The van der Waals surface area contributed by atoms with Gasteiger partial charge in [-0.1, -0.05) is 0 Å². The van der Waals surface area contributed by atoms with Crippen LogP contribution in [0.15, 0.2) is 60.9 Å². The predicted octanol–water partition coefficient (Wildman–Crippen LogP) is 4.40. The third-order valence-corrected chi connectivity index (χ3v) is 5.67. The number of nitrogens with zero attached hydrogens (tertiary/aromatic N) is 3. The third kappa shape index (κ3) is 4.59. The van der Waals surface area contributed by atoms with Crippen molar-refractivity contribution < 1.29 is 14.0 Å². The summed E-state index contributed by atoms with van der Waals surface area (Å²) in [5.74, 6) is -0.352. The zero-order chi connectivity index (χ0) is 22.0. The lowest BCUT2D eigenvalue weighted by Crippen LogP contribution is -2.14. The van der Waals surface area contributed by atoms with Crippen molar-refractivity contribution in [3.63, 3.8) is 0 Å². The van der Waals surface area contributed by atoms with Gasteiger partial charge in [-0.2, -0.15) is 0 Å². The number of amides is 1. The fourth-order valence-electron chi connectivity index (χ4n) is 3.19. The number of thiazole rings is 1. The largest absolute Gasteiger partial charge is 0.331 e. The van der Waals surface area contributed by atoms with Gasteiger partial charge in [-0.3, -0.25) is 9.59 Å². The molecule has 1 amide bonds. The Morgan fingerprint density at radius 2 is 1.81 bits per heavy atom. The second-order valence-electron chi connectivity index (χ2n) is 7.00. The Labute approximate surface area is 182 Å². The van der Waals surface area contributed by atoms with Gasteiger partial charge in [0.25, 0.3) is 0 Å². The third-order valence-electron chi connectivity index (χ3n) is 4.70. The molecule has 2 heterocycles. The number of carbonyl (C=O) groups is 2. The standard InChI is InChI=1S/C23H19FN4O2S/c1-14-26-21(15-3-7-17(24)8-4-15)19(31-14)13-20(29)27-18-9-5-16(6-10-18)22(30)23-25-11-12-28(23)2/h3-12H,13H2,1-2H3,(H,27,29). The average Bonchev–Trinajstić information content (AvgIpc) is 3.33. The predicted molar refractivity (Wildman–Crippen MR) is 118 cm³/mol. The van der Waals surface area contributed by atoms with E-state index in [9.17, 15) is 14.0 Å². The first-order valence-electron chi connectivity index (χ1n) is 9.55. The van der Waals surface area contributed by atoms with Gasteiger partial charge in [-0.15, -0.1) is 11.3 Å². The van der Waals surface area contributed by atoms with Crippen LogP contribution in [0.5, 0.6) is 0 Å². The molecule has 0 saturated heterocycles. The highest BCUT2D eigenvalue weighted by Crippen LogP contribution is 2.29. The van der Waals surface area contributed by atoms with Gasteiger partial charge in [0.1, 0.15) is 5.82 Å². The maximum atomic E-state index is 13.2. The molecule has 2 aromatic heterocycles. The van der Waals surface area contributed by atoms with Crippen LogP contribution in [0.2, 0.25) is 0 Å². The van der Waals surface area contributed by atoms with Crippen molar-refractivity contribution in [3.8, 4) is 11.3 Å². The number of ketones is 1. The smallest absolute Gasteiger partial charge is 0.229 e. The van der Waals surface area contributed by atoms with E-state index in [-0.39, 0.29) is 23.9 Å². The van der Waals surface area contributed by atoms with Crippen molar-refractivity contribution in [2.75, 3.05) is 5.32 Å². The summed E-state index contributed by atoms with van der Waals surface area (Å²) < 4.78 is 14.9. The second kappa shape index (κ2) is 8.61.